The number of halogens is 3. The number of nitrogens with two attached hydrogens (primary N) is 1. The summed E-state index contributed by atoms with van der Waals surface area (Å²) >= 11 is 0. The zero-order valence-electron chi connectivity index (χ0n) is 13.0. The third-order valence-corrected chi connectivity index (χ3v) is 3.59. The summed E-state index contributed by atoms with van der Waals surface area (Å²) in [5.74, 6) is 2.09. The number of ether oxygens (including phenoxy) is 1. The molecule has 1 heterocycles. The van der Waals surface area contributed by atoms with Crippen LogP contribution >= 0.6 is 0 Å². The van der Waals surface area contributed by atoms with E-state index in [4.69, 9.17) is 10.5 Å². The number of methoxy groups -OCH3 is 1. The summed E-state index contributed by atoms with van der Waals surface area (Å²) in [6.07, 6.45) is 11.1. The van der Waals surface area contributed by atoms with Gasteiger partial charge in [-0.25, -0.2) is 4.98 Å². The van der Waals surface area contributed by atoms with Gasteiger partial charge in [-0.15, -0.1) is 0 Å². The molecule has 124 valence electrons. The highest BCUT2D eigenvalue weighted by Crippen LogP contribution is 2.28. The molecule has 0 saturated heterocycles. The minimum atomic E-state index is -3.67. The number of hydrogen-bond donors (Lipinski definition) is 1. The summed E-state index contributed by atoms with van der Waals surface area (Å²) in [5, 5.41) is 0. The number of allylic oxidation sites excluding steroid dienone is 1. The molecule has 1 aliphatic carbocycles. The summed E-state index contributed by atoms with van der Waals surface area (Å²) < 4.78 is 34.4. The van der Waals surface area contributed by atoms with Gasteiger partial charge in [0.15, 0.2) is 0 Å². The molecule has 0 bridgehead atoms. The Labute approximate surface area is 129 Å². The fraction of sp³-hybridized carbons (Fsp3) is 0.562. The molecule has 6 heteroatoms. The topological polar surface area (TPSA) is 48.1 Å². The normalized spacial score (nSPS) is 15.7. The van der Waals surface area contributed by atoms with E-state index >= 15 is 0 Å². The number of anilines is 1. The number of aromatic nitrogens is 1. The van der Waals surface area contributed by atoms with E-state index in [9.17, 15) is 13.2 Å². The number of alkyl halides is 3. The third-order valence-electron chi connectivity index (χ3n) is 3.59. The largest absolute Gasteiger partial charge is 0.494 e. The van der Waals surface area contributed by atoms with Crippen LogP contribution in [0, 0.1) is 12.8 Å². The predicted molar refractivity (Wildman–Crippen MR) is 82.7 cm³/mol. The molecule has 0 aliphatic heterocycles. The van der Waals surface area contributed by atoms with E-state index in [2.05, 4.69) is 17.1 Å². The monoisotopic (exact) mass is 316 g/mol. The first-order chi connectivity index (χ1) is 10.4. The molecule has 1 saturated carbocycles. The lowest BCUT2D eigenvalue weighted by Crippen LogP contribution is -2.03. The SMILES string of the molecule is COc1c(/C=C/C2CCCCC2)cc(N)nc1C.FC(F)F. The quantitative estimate of drug-likeness (QED) is 0.875. The van der Waals surface area contributed by atoms with Gasteiger partial charge in [-0.2, -0.15) is 13.2 Å². The lowest BCUT2D eigenvalue weighted by atomic mass is 9.89. The van der Waals surface area contributed by atoms with Crippen molar-refractivity contribution in [2.75, 3.05) is 12.8 Å². The van der Waals surface area contributed by atoms with Crippen LogP contribution in [0.25, 0.3) is 6.08 Å². The summed E-state index contributed by atoms with van der Waals surface area (Å²) in [6.45, 7) is -1.74. The molecular weight excluding hydrogens is 293 g/mol. The first-order valence-electron chi connectivity index (χ1n) is 7.35. The van der Waals surface area contributed by atoms with Gasteiger partial charge in [0.05, 0.1) is 12.8 Å². The van der Waals surface area contributed by atoms with Crippen LogP contribution in [-0.4, -0.2) is 18.8 Å². The number of rotatable bonds is 3. The molecule has 1 fully saturated rings. The molecule has 1 aliphatic rings. The van der Waals surface area contributed by atoms with Crippen LogP contribution in [0.3, 0.4) is 0 Å². The molecular formula is C16H23F3N2O. The lowest BCUT2D eigenvalue weighted by Gasteiger charge is -2.18. The minimum Gasteiger partial charge on any atom is -0.494 e. The number of aryl methyl sites for hydroxylation is 1. The Balaban J connectivity index is 0.000000541. The van der Waals surface area contributed by atoms with Gasteiger partial charge in [0, 0.05) is 5.56 Å². The number of nitrogens with zero attached hydrogens (tertiary/aromatic N) is 1. The van der Waals surface area contributed by atoms with Gasteiger partial charge in [0.1, 0.15) is 11.6 Å². The smallest absolute Gasteiger partial charge is 0.379 e. The van der Waals surface area contributed by atoms with Gasteiger partial charge in [-0.1, -0.05) is 31.4 Å². The lowest BCUT2D eigenvalue weighted by molar-refractivity contribution is 0.00819. The maximum absolute atomic E-state index is 9.67. The van der Waals surface area contributed by atoms with E-state index in [-0.39, 0.29) is 0 Å². The molecule has 1 aromatic heterocycles. The van der Waals surface area contributed by atoms with Crippen molar-refractivity contribution in [1.82, 2.24) is 4.98 Å². The van der Waals surface area contributed by atoms with Crippen LogP contribution in [0.1, 0.15) is 43.4 Å². The van der Waals surface area contributed by atoms with Gasteiger partial charge in [0.2, 0.25) is 0 Å². The molecule has 0 unspecified atom stereocenters. The first-order valence-corrected chi connectivity index (χ1v) is 7.35. The molecule has 0 atom stereocenters. The van der Waals surface area contributed by atoms with Crippen molar-refractivity contribution in [3.8, 4) is 5.75 Å². The van der Waals surface area contributed by atoms with Crippen LogP contribution in [0.2, 0.25) is 0 Å². The molecule has 0 amide bonds. The van der Waals surface area contributed by atoms with Gasteiger partial charge >= 0.3 is 6.68 Å². The average Bonchev–Trinajstić information content (AvgIpc) is 2.45. The fourth-order valence-corrected chi connectivity index (χ4v) is 2.67. The molecule has 22 heavy (non-hydrogen) atoms. The van der Waals surface area contributed by atoms with Gasteiger partial charge in [-0.3, -0.25) is 0 Å². The second-order valence-corrected chi connectivity index (χ2v) is 5.26. The number of hydrogen-bond acceptors (Lipinski definition) is 3. The van der Waals surface area contributed by atoms with E-state index in [1.54, 1.807) is 7.11 Å². The maximum Gasteiger partial charge on any atom is 0.379 e. The van der Waals surface area contributed by atoms with E-state index in [1.807, 2.05) is 13.0 Å². The number of nitrogen functional groups attached to an aromatic ring is 1. The van der Waals surface area contributed by atoms with Crippen LogP contribution in [0.4, 0.5) is 19.0 Å². The van der Waals surface area contributed by atoms with Crippen LogP contribution in [0.15, 0.2) is 12.1 Å². The fourth-order valence-electron chi connectivity index (χ4n) is 2.67. The Morgan fingerprint density at radius 1 is 1.27 bits per heavy atom. The Kier molecular flexibility index (Phi) is 7.77. The summed E-state index contributed by atoms with van der Waals surface area (Å²) in [7, 11) is 1.68. The maximum atomic E-state index is 9.67. The summed E-state index contributed by atoms with van der Waals surface area (Å²) in [4.78, 5) is 4.22. The Morgan fingerprint density at radius 2 is 1.86 bits per heavy atom. The van der Waals surface area contributed by atoms with Crippen molar-refractivity contribution in [3.63, 3.8) is 0 Å². The second-order valence-electron chi connectivity index (χ2n) is 5.26. The zero-order chi connectivity index (χ0) is 16.5. The van der Waals surface area contributed by atoms with E-state index in [1.165, 1.54) is 32.1 Å². The van der Waals surface area contributed by atoms with Crippen molar-refractivity contribution < 1.29 is 17.9 Å². The van der Waals surface area contributed by atoms with E-state index in [0.29, 0.717) is 11.7 Å². The minimum absolute atomic E-state index is 0.552. The predicted octanol–water partition coefficient (Wildman–Crippen LogP) is 4.75. The molecule has 3 nitrogen and oxygen atoms in total. The van der Waals surface area contributed by atoms with Crippen molar-refractivity contribution in [1.29, 1.82) is 0 Å². The van der Waals surface area contributed by atoms with E-state index < -0.39 is 6.68 Å². The van der Waals surface area contributed by atoms with Crippen LogP contribution < -0.4 is 10.5 Å². The van der Waals surface area contributed by atoms with Crippen LogP contribution in [0.5, 0.6) is 5.75 Å². The molecule has 0 spiro atoms. The van der Waals surface area contributed by atoms with Gasteiger partial charge in [0.25, 0.3) is 0 Å². The second kappa shape index (κ2) is 9.33. The van der Waals surface area contributed by atoms with Gasteiger partial charge < -0.3 is 10.5 Å². The highest BCUT2D eigenvalue weighted by atomic mass is 19.4. The molecule has 2 N–H and O–H groups in total. The van der Waals surface area contributed by atoms with E-state index in [0.717, 1.165) is 17.0 Å². The molecule has 0 aromatic carbocycles. The van der Waals surface area contributed by atoms with Crippen LogP contribution in [-0.2, 0) is 0 Å². The van der Waals surface area contributed by atoms with Crippen molar-refractivity contribution in [2.45, 2.75) is 45.7 Å². The highest BCUT2D eigenvalue weighted by molar-refractivity contribution is 5.62. The number of pyridine rings is 1. The van der Waals surface area contributed by atoms with Crippen molar-refractivity contribution >= 4 is 11.9 Å². The van der Waals surface area contributed by atoms with Crippen molar-refractivity contribution in [2.24, 2.45) is 5.92 Å². The standard InChI is InChI=1S/C15H22N2O.CHF3/c1-11-15(18-2)13(10-14(16)17-11)9-8-12-6-4-3-5-7-12;2-1(3)4/h8-10,12H,3-7H2,1-2H3,(H2,16,17);1H/b9-8+;. The Hall–Kier alpha value is -1.72. The summed E-state index contributed by atoms with van der Waals surface area (Å²) in [5.41, 5.74) is 7.67. The third kappa shape index (κ3) is 6.37. The molecule has 2 rings (SSSR count). The summed E-state index contributed by atoms with van der Waals surface area (Å²) in [6, 6.07) is 1.88. The Bertz CT molecular complexity index is 484. The molecule has 1 aromatic rings. The highest BCUT2D eigenvalue weighted by Gasteiger charge is 2.11. The average molecular weight is 316 g/mol. The van der Waals surface area contributed by atoms with Gasteiger partial charge in [-0.05, 0) is 31.7 Å². The molecule has 0 radical (unpaired) electrons. The first kappa shape index (κ1) is 18.3. The van der Waals surface area contributed by atoms with Crippen molar-refractivity contribution in [3.05, 3.63) is 23.4 Å². The zero-order valence-corrected chi connectivity index (χ0v) is 13.0. The Morgan fingerprint density at radius 3 is 2.41 bits per heavy atom.